The van der Waals surface area contributed by atoms with E-state index in [9.17, 15) is 45.0 Å². The molecule has 0 bridgehead atoms. The van der Waals surface area contributed by atoms with Gasteiger partial charge in [-0.3, -0.25) is 19.1 Å². The molecule has 15 heteroatoms. The Morgan fingerprint density at radius 2 is 1.71 bits per heavy atom. The first-order valence-electron chi connectivity index (χ1n) is 11.7. The predicted octanol–water partition coefficient (Wildman–Crippen LogP) is -4.10. The Hall–Kier alpha value is -2.99. The van der Waals surface area contributed by atoms with Crippen molar-refractivity contribution in [3.8, 4) is 0 Å². The van der Waals surface area contributed by atoms with Gasteiger partial charge in [0.15, 0.2) is 12.5 Å². The second-order valence-corrected chi connectivity index (χ2v) is 8.98. The van der Waals surface area contributed by atoms with Crippen LogP contribution in [0.5, 0.6) is 0 Å². The van der Waals surface area contributed by atoms with Crippen LogP contribution in [0, 0.1) is 0 Å². The van der Waals surface area contributed by atoms with Gasteiger partial charge in [-0.1, -0.05) is 12.1 Å². The summed E-state index contributed by atoms with van der Waals surface area (Å²) in [5.41, 5.74) is -0.758. The van der Waals surface area contributed by atoms with Crippen LogP contribution in [0.2, 0.25) is 0 Å². The van der Waals surface area contributed by atoms with Crippen molar-refractivity contribution in [2.45, 2.75) is 61.9 Å². The zero-order valence-corrected chi connectivity index (χ0v) is 19.9. The Kier molecular flexibility index (Phi) is 8.71. The van der Waals surface area contributed by atoms with Gasteiger partial charge in [-0.2, -0.15) is 0 Å². The first-order valence-corrected chi connectivity index (χ1v) is 11.7. The summed E-state index contributed by atoms with van der Waals surface area (Å²) in [5, 5.41) is 62.3. The van der Waals surface area contributed by atoms with Crippen LogP contribution in [0.3, 0.4) is 0 Å². The van der Waals surface area contributed by atoms with Gasteiger partial charge in [0.2, 0.25) is 0 Å². The van der Waals surface area contributed by atoms with Crippen LogP contribution >= 0.6 is 0 Å². The zero-order valence-electron chi connectivity index (χ0n) is 19.9. The summed E-state index contributed by atoms with van der Waals surface area (Å²) < 4.78 is 17.3. The number of aliphatic hydroxyl groups is 6. The van der Waals surface area contributed by atoms with E-state index in [2.05, 4.69) is 5.32 Å². The molecule has 4 rings (SSSR count). The Balaban J connectivity index is 1.34. The molecule has 0 radical (unpaired) electrons. The molecule has 8 N–H and O–H groups in total. The lowest BCUT2D eigenvalue weighted by molar-refractivity contribution is -0.304. The van der Waals surface area contributed by atoms with Crippen molar-refractivity contribution in [3.63, 3.8) is 0 Å². The van der Waals surface area contributed by atoms with Crippen molar-refractivity contribution in [2.75, 3.05) is 13.2 Å². The van der Waals surface area contributed by atoms with E-state index in [1.165, 1.54) is 12.1 Å². The normalized spacial score (nSPS) is 33.3. The van der Waals surface area contributed by atoms with Crippen molar-refractivity contribution in [2.24, 2.45) is 0 Å². The predicted molar refractivity (Wildman–Crippen MR) is 125 cm³/mol. The standard InChI is InChI=1S/C23H29N3O12/c27-8-13-16(30)17(31)19(33)22(38-13)36-9-10-2-1-3-11(6-10)20(34)24-7-12-15(29)18(32)21(37-12)26-5-4-14(28)25-23(26)35/h1-6,12-13,15-19,21-22,27,29-33H,7-9H2,(H,24,34)(H,25,28,35)/t12-,13-,15-,16+,17+,18-,19-,21-,22-/m1/s1. The Bertz CT molecular complexity index is 1230. The Morgan fingerprint density at radius 3 is 2.42 bits per heavy atom. The molecule has 2 aromatic rings. The lowest BCUT2D eigenvalue weighted by Gasteiger charge is -2.39. The highest BCUT2D eigenvalue weighted by Crippen LogP contribution is 2.28. The van der Waals surface area contributed by atoms with Gasteiger partial charge < -0.3 is 50.2 Å². The highest BCUT2D eigenvalue weighted by Gasteiger charge is 2.45. The van der Waals surface area contributed by atoms with Gasteiger partial charge >= 0.3 is 5.69 Å². The quantitative estimate of drug-likeness (QED) is 0.160. The van der Waals surface area contributed by atoms with E-state index in [-0.39, 0.29) is 18.7 Å². The highest BCUT2D eigenvalue weighted by atomic mass is 16.7. The van der Waals surface area contributed by atoms with Crippen LogP contribution in [0.25, 0.3) is 0 Å². The van der Waals surface area contributed by atoms with Gasteiger partial charge in [-0.25, -0.2) is 4.79 Å². The van der Waals surface area contributed by atoms with Crippen LogP contribution in [0.15, 0.2) is 46.1 Å². The zero-order chi connectivity index (χ0) is 27.6. The van der Waals surface area contributed by atoms with Crippen molar-refractivity contribution in [3.05, 3.63) is 68.5 Å². The lowest BCUT2D eigenvalue weighted by Crippen LogP contribution is -2.59. The van der Waals surface area contributed by atoms with E-state index in [4.69, 9.17) is 14.2 Å². The SMILES string of the molecule is O=C(NC[C@H]1O[C@@H](n2ccc(=O)[nH]c2=O)[C@H](O)[C@@H]1O)c1cccc(CO[C@@H]2O[C@H](CO)[C@H](O)[C@H](O)[C@H]2O)c1. The van der Waals surface area contributed by atoms with Gasteiger partial charge in [0.25, 0.3) is 11.5 Å². The third kappa shape index (κ3) is 5.85. The molecule has 0 unspecified atom stereocenters. The van der Waals surface area contributed by atoms with Crippen LogP contribution in [0.1, 0.15) is 22.1 Å². The fraction of sp³-hybridized carbons (Fsp3) is 0.522. The molecule has 1 aromatic heterocycles. The van der Waals surface area contributed by atoms with E-state index in [0.29, 0.717) is 5.56 Å². The first kappa shape index (κ1) is 28.0. The second kappa shape index (κ2) is 11.8. The van der Waals surface area contributed by atoms with Gasteiger partial charge in [0, 0.05) is 24.4 Å². The number of rotatable bonds is 8. The van der Waals surface area contributed by atoms with E-state index < -0.39 is 79.0 Å². The molecule has 2 saturated heterocycles. The summed E-state index contributed by atoms with van der Waals surface area (Å²) in [6.07, 6.45) is -11.3. The minimum absolute atomic E-state index is 0.143. The summed E-state index contributed by atoms with van der Waals surface area (Å²) in [6, 6.07) is 7.27. The number of carbonyl (C=O) groups is 1. The molecule has 0 saturated carbocycles. The molecule has 2 aliphatic heterocycles. The molecule has 2 fully saturated rings. The lowest BCUT2D eigenvalue weighted by atomic mass is 9.99. The van der Waals surface area contributed by atoms with Gasteiger partial charge in [0.05, 0.1) is 13.2 Å². The Labute approximate surface area is 214 Å². The number of ether oxygens (including phenoxy) is 3. The van der Waals surface area contributed by atoms with Crippen molar-refractivity contribution in [1.82, 2.24) is 14.9 Å². The maximum absolute atomic E-state index is 12.7. The highest BCUT2D eigenvalue weighted by molar-refractivity contribution is 5.94. The van der Waals surface area contributed by atoms with E-state index in [1.54, 1.807) is 12.1 Å². The van der Waals surface area contributed by atoms with Crippen LogP contribution in [-0.4, -0.2) is 108 Å². The van der Waals surface area contributed by atoms with Crippen LogP contribution in [-0.2, 0) is 20.8 Å². The molecule has 0 spiro atoms. The number of aliphatic hydroxyl groups excluding tert-OH is 6. The molecule has 38 heavy (non-hydrogen) atoms. The molecule has 3 heterocycles. The monoisotopic (exact) mass is 539 g/mol. The third-order valence-corrected chi connectivity index (χ3v) is 6.38. The van der Waals surface area contributed by atoms with Crippen molar-refractivity contribution < 1.29 is 49.6 Å². The molecular weight excluding hydrogens is 510 g/mol. The summed E-state index contributed by atoms with van der Waals surface area (Å²) in [4.78, 5) is 38.0. The fourth-order valence-corrected chi connectivity index (χ4v) is 4.24. The topological polar surface area (TPSA) is 233 Å². The summed E-state index contributed by atoms with van der Waals surface area (Å²) >= 11 is 0. The Morgan fingerprint density at radius 1 is 0.974 bits per heavy atom. The summed E-state index contributed by atoms with van der Waals surface area (Å²) in [6.45, 7) is -0.952. The molecule has 15 nitrogen and oxygen atoms in total. The average Bonchev–Trinajstić information content (AvgIpc) is 3.18. The first-order chi connectivity index (χ1) is 18.1. The summed E-state index contributed by atoms with van der Waals surface area (Å²) in [5.74, 6) is -0.547. The molecular formula is C23H29N3O12. The van der Waals surface area contributed by atoms with Crippen molar-refractivity contribution >= 4 is 5.91 Å². The molecule has 208 valence electrons. The smallest absolute Gasteiger partial charge is 0.330 e. The largest absolute Gasteiger partial charge is 0.394 e. The number of H-pyrrole nitrogens is 1. The second-order valence-electron chi connectivity index (χ2n) is 8.98. The molecule has 1 amide bonds. The number of nitrogens with zero attached hydrogens (tertiary/aromatic N) is 1. The van der Waals surface area contributed by atoms with Gasteiger partial charge in [-0.15, -0.1) is 0 Å². The molecule has 9 atom stereocenters. The minimum atomic E-state index is -1.59. The van der Waals surface area contributed by atoms with Gasteiger partial charge in [0.1, 0.15) is 42.7 Å². The minimum Gasteiger partial charge on any atom is -0.394 e. The van der Waals surface area contributed by atoms with E-state index in [1.807, 2.05) is 4.98 Å². The number of hydrogen-bond acceptors (Lipinski definition) is 12. The number of amides is 1. The van der Waals surface area contributed by atoms with Crippen molar-refractivity contribution in [1.29, 1.82) is 0 Å². The van der Waals surface area contributed by atoms with E-state index >= 15 is 0 Å². The number of hydrogen-bond donors (Lipinski definition) is 8. The van der Waals surface area contributed by atoms with Gasteiger partial charge in [-0.05, 0) is 17.7 Å². The maximum atomic E-state index is 12.7. The maximum Gasteiger partial charge on any atom is 0.330 e. The number of aromatic amines is 1. The number of nitrogens with one attached hydrogen (secondary N) is 2. The number of aromatic nitrogens is 2. The number of benzene rings is 1. The van der Waals surface area contributed by atoms with Crippen LogP contribution < -0.4 is 16.6 Å². The fourth-order valence-electron chi connectivity index (χ4n) is 4.24. The summed E-state index contributed by atoms with van der Waals surface area (Å²) in [7, 11) is 0. The molecule has 2 aliphatic rings. The third-order valence-electron chi connectivity index (χ3n) is 6.38. The average molecular weight is 539 g/mol. The molecule has 1 aromatic carbocycles. The molecule has 0 aliphatic carbocycles. The number of carbonyl (C=O) groups excluding carboxylic acids is 1. The van der Waals surface area contributed by atoms with E-state index in [0.717, 1.165) is 16.8 Å². The van der Waals surface area contributed by atoms with Crippen LogP contribution in [0.4, 0.5) is 0 Å².